The lowest BCUT2D eigenvalue weighted by atomic mass is 10.1. The summed E-state index contributed by atoms with van der Waals surface area (Å²) in [6.45, 7) is -0.253. The first kappa shape index (κ1) is 9.76. The molecule has 7 heteroatoms. The van der Waals surface area contributed by atoms with E-state index in [1.165, 1.54) is 6.07 Å². The lowest BCUT2D eigenvalue weighted by Crippen LogP contribution is -2.30. The van der Waals surface area contributed by atoms with Crippen molar-refractivity contribution in [2.45, 2.75) is 24.5 Å². The normalized spacial score (nSPS) is 35.6. The van der Waals surface area contributed by atoms with Gasteiger partial charge < -0.3 is 19.7 Å². The topological polar surface area (TPSA) is 101 Å². The van der Waals surface area contributed by atoms with Crippen molar-refractivity contribution in [3.05, 3.63) is 17.8 Å². The molecule has 2 aliphatic heterocycles. The molecule has 0 spiro atoms. The molecule has 3 heterocycles. The van der Waals surface area contributed by atoms with Crippen molar-refractivity contribution in [2.24, 2.45) is 0 Å². The Kier molecular flexibility index (Phi) is 2.00. The average molecular weight is 225 g/mol. The number of aliphatic hydroxyl groups is 2. The van der Waals surface area contributed by atoms with Crippen LogP contribution in [0.1, 0.15) is 6.04 Å². The van der Waals surface area contributed by atoms with Gasteiger partial charge in [0.1, 0.15) is 18.2 Å². The minimum atomic E-state index is -0.834. The van der Waals surface area contributed by atoms with E-state index in [1.54, 1.807) is 10.8 Å². The van der Waals surface area contributed by atoms with Crippen LogP contribution in [0.25, 0.3) is 0 Å². The maximum Gasteiger partial charge on any atom is 0.301 e. The summed E-state index contributed by atoms with van der Waals surface area (Å²) in [4.78, 5) is 3.88. The molecular weight excluding hydrogens is 214 g/mol. The predicted octanol–water partition coefficient (Wildman–Crippen LogP) is -1.63. The number of nitrogens with one attached hydrogen (secondary N) is 1. The van der Waals surface area contributed by atoms with Gasteiger partial charge in [-0.3, -0.25) is 9.98 Å². The zero-order valence-electron chi connectivity index (χ0n) is 8.28. The van der Waals surface area contributed by atoms with E-state index < -0.39 is 24.5 Å². The van der Waals surface area contributed by atoms with E-state index in [2.05, 4.69) is 4.98 Å². The highest BCUT2D eigenvalue weighted by Gasteiger charge is 2.50. The Morgan fingerprint density at radius 2 is 2.38 bits per heavy atom. The van der Waals surface area contributed by atoms with E-state index in [9.17, 15) is 5.11 Å². The molecule has 1 saturated heterocycles. The van der Waals surface area contributed by atoms with Gasteiger partial charge in [0.25, 0.3) is 0 Å². The van der Waals surface area contributed by atoms with Crippen molar-refractivity contribution < 1.29 is 19.7 Å². The summed E-state index contributed by atoms with van der Waals surface area (Å²) < 4.78 is 12.3. The summed E-state index contributed by atoms with van der Waals surface area (Å²) in [5.74, 6) is 0. The summed E-state index contributed by atoms with van der Waals surface area (Å²) in [6.07, 6.45) is -0.478. The smallest absolute Gasteiger partial charge is 0.301 e. The fraction of sp³-hybridized carbons (Fsp3) is 0.556. The molecule has 0 aromatic carbocycles. The Balaban J connectivity index is 2.01. The molecule has 16 heavy (non-hydrogen) atoms. The third-order valence-corrected chi connectivity index (χ3v) is 2.87. The van der Waals surface area contributed by atoms with Crippen LogP contribution in [-0.4, -0.2) is 44.9 Å². The third kappa shape index (κ3) is 1.19. The Morgan fingerprint density at radius 3 is 3.12 bits per heavy atom. The second-order valence-electron chi connectivity index (χ2n) is 3.83. The van der Waals surface area contributed by atoms with Crippen molar-refractivity contribution in [2.75, 3.05) is 6.61 Å². The van der Waals surface area contributed by atoms with Gasteiger partial charge in [-0.15, -0.1) is 0 Å². The number of ether oxygens (including phenoxy) is 2. The highest BCUT2D eigenvalue weighted by Crippen LogP contribution is 2.38. The predicted molar refractivity (Wildman–Crippen MR) is 49.5 cm³/mol. The second kappa shape index (κ2) is 3.27. The van der Waals surface area contributed by atoms with Gasteiger partial charge in [0.15, 0.2) is 5.49 Å². The van der Waals surface area contributed by atoms with Gasteiger partial charge in [-0.05, 0) is 6.07 Å². The molecule has 0 radical (unpaired) electrons. The molecule has 3 rings (SSSR count). The van der Waals surface area contributed by atoms with Gasteiger partial charge in [0, 0.05) is 6.20 Å². The van der Waals surface area contributed by atoms with Gasteiger partial charge in [-0.2, -0.15) is 4.98 Å². The minimum Gasteiger partial charge on any atom is -0.432 e. The van der Waals surface area contributed by atoms with Gasteiger partial charge >= 0.3 is 6.01 Å². The van der Waals surface area contributed by atoms with Crippen molar-refractivity contribution in [1.82, 2.24) is 9.55 Å². The fourth-order valence-corrected chi connectivity index (χ4v) is 2.09. The maximum absolute atomic E-state index is 9.91. The standard InChI is InChI=1S/C9H11N3O4/c10-5-1-2-12-6-7(14)4(3-13)15-8(6)16-9(12)11-5/h1-2,4,6-8,10,13-14H,3H2/t4-,6+,7-,8+/m0/s1. The third-order valence-electron chi connectivity index (χ3n) is 2.87. The average Bonchev–Trinajstić information content (AvgIpc) is 2.75. The minimum absolute atomic E-state index is 0.0967. The van der Waals surface area contributed by atoms with Crippen LogP contribution in [0.5, 0.6) is 6.01 Å². The van der Waals surface area contributed by atoms with Gasteiger partial charge in [0.05, 0.1) is 6.61 Å². The molecule has 0 aliphatic carbocycles. The molecule has 0 unspecified atom stereocenters. The van der Waals surface area contributed by atoms with Gasteiger partial charge in [-0.25, -0.2) is 0 Å². The molecule has 1 aromatic rings. The van der Waals surface area contributed by atoms with E-state index in [0.717, 1.165) is 0 Å². The summed E-state index contributed by atoms with van der Waals surface area (Å²) in [5.41, 5.74) is 0.0967. The van der Waals surface area contributed by atoms with Gasteiger partial charge in [0.2, 0.25) is 6.29 Å². The van der Waals surface area contributed by atoms with E-state index in [0.29, 0.717) is 0 Å². The molecule has 2 aliphatic rings. The molecule has 86 valence electrons. The van der Waals surface area contributed by atoms with Crippen LogP contribution in [0.15, 0.2) is 12.3 Å². The van der Waals surface area contributed by atoms with Crippen molar-refractivity contribution >= 4 is 0 Å². The van der Waals surface area contributed by atoms with E-state index in [4.69, 9.17) is 20.0 Å². The van der Waals surface area contributed by atoms with Crippen LogP contribution < -0.4 is 10.2 Å². The zero-order chi connectivity index (χ0) is 11.3. The highest BCUT2D eigenvalue weighted by atomic mass is 16.7. The second-order valence-corrected chi connectivity index (χ2v) is 3.83. The first-order chi connectivity index (χ1) is 7.70. The van der Waals surface area contributed by atoms with Crippen LogP contribution in [0, 0.1) is 5.41 Å². The zero-order valence-corrected chi connectivity index (χ0v) is 8.28. The molecule has 1 fully saturated rings. The molecule has 0 amide bonds. The number of fused-ring (bicyclic) bond motifs is 3. The molecule has 4 atom stereocenters. The highest BCUT2D eigenvalue weighted by molar-refractivity contribution is 5.11. The number of nitrogens with zero attached hydrogens (tertiary/aromatic N) is 2. The summed E-state index contributed by atoms with van der Waals surface area (Å²) in [6, 6.07) is 1.37. The fourth-order valence-electron chi connectivity index (χ4n) is 2.09. The van der Waals surface area contributed by atoms with E-state index in [1.807, 2.05) is 0 Å². The van der Waals surface area contributed by atoms with E-state index in [-0.39, 0.29) is 18.1 Å². The van der Waals surface area contributed by atoms with Gasteiger partial charge in [-0.1, -0.05) is 0 Å². The van der Waals surface area contributed by atoms with Crippen LogP contribution in [-0.2, 0) is 4.74 Å². The lowest BCUT2D eigenvalue weighted by molar-refractivity contribution is -0.0913. The summed E-state index contributed by atoms with van der Waals surface area (Å²) in [5, 5.41) is 26.3. The first-order valence-electron chi connectivity index (χ1n) is 4.95. The maximum atomic E-state index is 9.91. The SMILES string of the molecule is N=c1ccn2c(n1)O[C@H]1O[C@@H](CO)[C@H](O)[C@H]12. The summed E-state index contributed by atoms with van der Waals surface area (Å²) in [7, 11) is 0. The first-order valence-corrected chi connectivity index (χ1v) is 4.95. The number of aromatic nitrogens is 2. The number of hydrogen-bond acceptors (Lipinski definition) is 6. The molecule has 0 saturated carbocycles. The molecule has 1 aromatic heterocycles. The Morgan fingerprint density at radius 1 is 1.56 bits per heavy atom. The number of rotatable bonds is 1. The van der Waals surface area contributed by atoms with Crippen LogP contribution in [0.2, 0.25) is 0 Å². The Bertz CT molecular complexity index is 474. The molecular formula is C9H11N3O4. The summed E-state index contributed by atoms with van der Waals surface area (Å²) >= 11 is 0. The van der Waals surface area contributed by atoms with E-state index >= 15 is 0 Å². The molecule has 7 nitrogen and oxygen atoms in total. The van der Waals surface area contributed by atoms with Crippen molar-refractivity contribution in [3.8, 4) is 6.01 Å². The molecule has 0 bridgehead atoms. The quantitative estimate of drug-likeness (QED) is 0.533. The molecule has 3 N–H and O–H groups in total. The van der Waals surface area contributed by atoms with Crippen molar-refractivity contribution in [3.63, 3.8) is 0 Å². The van der Waals surface area contributed by atoms with Crippen molar-refractivity contribution in [1.29, 1.82) is 5.41 Å². The van der Waals surface area contributed by atoms with Crippen LogP contribution in [0.4, 0.5) is 0 Å². The largest absolute Gasteiger partial charge is 0.432 e. The van der Waals surface area contributed by atoms with Crippen LogP contribution >= 0.6 is 0 Å². The Hall–Kier alpha value is -1.44. The Labute approximate surface area is 90.4 Å². The lowest BCUT2D eigenvalue weighted by Gasteiger charge is -2.15. The van der Waals surface area contributed by atoms with Crippen LogP contribution in [0.3, 0.4) is 0 Å². The number of aliphatic hydroxyl groups excluding tert-OH is 2. The number of hydrogen-bond donors (Lipinski definition) is 3. The monoisotopic (exact) mass is 225 g/mol.